The van der Waals surface area contributed by atoms with E-state index in [0.717, 1.165) is 25.7 Å². The zero-order valence-corrected chi connectivity index (χ0v) is 14.3. The summed E-state index contributed by atoms with van der Waals surface area (Å²) in [4.78, 5) is 26.2. The molecule has 2 nitrogen and oxygen atoms in total. The summed E-state index contributed by atoms with van der Waals surface area (Å²) in [6, 6.07) is 0. The Morgan fingerprint density at radius 1 is 0.750 bits per heavy atom. The summed E-state index contributed by atoms with van der Waals surface area (Å²) in [7, 11) is 0. The molecule has 0 atom stereocenters. The Kier molecular flexibility index (Phi) is 5.21. The van der Waals surface area contributed by atoms with Crippen LogP contribution in [-0.4, -0.2) is 11.6 Å². The summed E-state index contributed by atoms with van der Waals surface area (Å²) in [6.45, 7) is 12.6. The van der Waals surface area contributed by atoms with Crippen LogP contribution in [0.25, 0.3) is 0 Å². The second-order valence-corrected chi connectivity index (χ2v) is 6.49. The lowest BCUT2D eigenvalue weighted by Crippen LogP contribution is -2.61. The molecular weight excluding hydrogens is 248 g/mol. The SMILES string of the molecule is CCC1(CC)C(=O)CC(CC)(CC)C(CC)(CC)C1=O. The first-order chi connectivity index (χ1) is 9.40. The van der Waals surface area contributed by atoms with Gasteiger partial charge in [0.2, 0.25) is 0 Å². The molecule has 0 saturated heterocycles. The highest BCUT2D eigenvalue weighted by molar-refractivity contribution is 6.12. The molecule has 0 heterocycles. The van der Waals surface area contributed by atoms with Crippen LogP contribution in [0.15, 0.2) is 0 Å². The van der Waals surface area contributed by atoms with Gasteiger partial charge in [-0.15, -0.1) is 0 Å². The van der Waals surface area contributed by atoms with Gasteiger partial charge < -0.3 is 0 Å². The molecular formula is C18H32O2. The number of carbonyl (C=O) groups excluding carboxylic acids is 2. The van der Waals surface area contributed by atoms with Gasteiger partial charge in [0.1, 0.15) is 5.78 Å². The van der Waals surface area contributed by atoms with Crippen molar-refractivity contribution in [1.29, 1.82) is 0 Å². The quantitative estimate of drug-likeness (QED) is 0.645. The molecule has 0 spiro atoms. The third-order valence-corrected chi connectivity index (χ3v) is 6.68. The van der Waals surface area contributed by atoms with Gasteiger partial charge in [-0.2, -0.15) is 0 Å². The Morgan fingerprint density at radius 2 is 1.20 bits per heavy atom. The lowest BCUT2D eigenvalue weighted by atomic mass is 9.44. The molecule has 0 N–H and O–H groups in total. The summed E-state index contributed by atoms with van der Waals surface area (Å²) in [5, 5.41) is 0. The van der Waals surface area contributed by atoms with Gasteiger partial charge in [-0.1, -0.05) is 41.5 Å². The minimum absolute atomic E-state index is 0.126. The van der Waals surface area contributed by atoms with Crippen LogP contribution in [0.4, 0.5) is 0 Å². The molecule has 0 aliphatic heterocycles. The summed E-state index contributed by atoms with van der Waals surface area (Å²) in [5.74, 6) is 0.452. The fourth-order valence-electron chi connectivity index (χ4n) is 4.93. The van der Waals surface area contributed by atoms with E-state index in [4.69, 9.17) is 0 Å². The van der Waals surface area contributed by atoms with Gasteiger partial charge in [-0.3, -0.25) is 9.59 Å². The molecule has 20 heavy (non-hydrogen) atoms. The van der Waals surface area contributed by atoms with Crippen LogP contribution in [0.2, 0.25) is 0 Å². The van der Waals surface area contributed by atoms with Crippen LogP contribution in [0, 0.1) is 16.2 Å². The predicted octanol–water partition coefficient (Wildman–Crippen LogP) is 4.95. The first-order valence-electron chi connectivity index (χ1n) is 8.48. The van der Waals surface area contributed by atoms with Gasteiger partial charge in [-0.05, 0) is 43.9 Å². The van der Waals surface area contributed by atoms with E-state index in [1.165, 1.54) is 0 Å². The molecule has 116 valence electrons. The van der Waals surface area contributed by atoms with Crippen molar-refractivity contribution in [3.63, 3.8) is 0 Å². The number of ketones is 2. The lowest BCUT2D eigenvalue weighted by Gasteiger charge is -2.56. The van der Waals surface area contributed by atoms with Gasteiger partial charge in [0.25, 0.3) is 0 Å². The number of hydrogen-bond acceptors (Lipinski definition) is 2. The minimum atomic E-state index is -0.708. The standard InChI is InChI=1S/C18H32O2/c1-7-16(8-2)13-14(19)17(9-3,10-4)15(20)18(16,11-5)12-6/h7-13H2,1-6H3. The van der Waals surface area contributed by atoms with E-state index in [1.54, 1.807) is 0 Å². The number of carbonyl (C=O) groups is 2. The highest BCUT2D eigenvalue weighted by atomic mass is 16.2. The second kappa shape index (κ2) is 5.99. The van der Waals surface area contributed by atoms with Crippen molar-refractivity contribution < 1.29 is 9.59 Å². The maximum Gasteiger partial charge on any atom is 0.153 e. The Morgan fingerprint density at radius 3 is 1.50 bits per heavy atom. The minimum Gasteiger partial charge on any atom is -0.299 e. The normalized spacial score (nSPS) is 23.9. The average molecular weight is 280 g/mol. The van der Waals surface area contributed by atoms with Crippen molar-refractivity contribution in [2.24, 2.45) is 16.2 Å². The second-order valence-electron chi connectivity index (χ2n) is 6.49. The molecule has 0 bridgehead atoms. The van der Waals surface area contributed by atoms with Crippen LogP contribution in [-0.2, 0) is 9.59 Å². The first-order valence-corrected chi connectivity index (χ1v) is 8.48. The van der Waals surface area contributed by atoms with Crippen LogP contribution in [0.5, 0.6) is 0 Å². The van der Waals surface area contributed by atoms with Gasteiger partial charge in [0.15, 0.2) is 5.78 Å². The Balaban J connectivity index is 3.54. The monoisotopic (exact) mass is 280 g/mol. The van der Waals surface area contributed by atoms with Crippen molar-refractivity contribution in [2.75, 3.05) is 0 Å². The van der Waals surface area contributed by atoms with E-state index in [-0.39, 0.29) is 22.4 Å². The predicted molar refractivity (Wildman–Crippen MR) is 83.7 cm³/mol. The van der Waals surface area contributed by atoms with E-state index in [2.05, 4.69) is 27.7 Å². The van der Waals surface area contributed by atoms with Gasteiger partial charge >= 0.3 is 0 Å². The molecule has 0 unspecified atom stereocenters. The van der Waals surface area contributed by atoms with Crippen molar-refractivity contribution in [3.05, 3.63) is 0 Å². The topological polar surface area (TPSA) is 34.1 Å². The van der Waals surface area contributed by atoms with E-state index >= 15 is 0 Å². The van der Waals surface area contributed by atoms with Crippen LogP contribution in [0.1, 0.15) is 86.5 Å². The van der Waals surface area contributed by atoms with Crippen molar-refractivity contribution >= 4 is 11.6 Å². The summed E-state index contributed by atoms with van der Waals surface area (Å²) < 4.78 is 0. The zero-order chi connectivity index (χ0) is 15.6. The largest absolute Gasteiger partial charge is 0.299 e. The molecule has 2 heteroatoms. The lowest BCUT2D eigenvalue weighted by molar-refractivity contribution is -0.169. The summed E-state index contributed by atoms with van der Waals surface area (Å²) >= 11 is 0. The average Bonchev–Trinajstić information content (AvgIpc) is 2.48. The molecule has 1 saturated carbocycles. The maximum absolute atomic E-state index is 13.4. The molecule has 1 fully saturated rings. The molecule has 1 aliphatic carbocycles. The molecule has 0 aromatic rings. The van der Waals surface area contributed by atoms with Crippen LogP contribution < -0.4 is 0 Å². The first kappa shape index (κ1) is 17.4. The van der Waals surface area contributed by atoms with E-state index < -0.39 is 5.41 Å². The van der Waals surface area contributed by atoms with Gasteiger partial charge in [0.05, 0.1) is 5.41 Å². The number of Topliss-reactive ketones (excluding diaryl/α,β-unsaturated/α-hetero) is 2. The van der Waals surface area contributed by atoms with E-state index in [1.807, 2.05) is 13.8 Å². The van der Waals surface area contributed by atoms with Crippen molar-refractivity contribution in [1.82, 2.24) is 0 Å². The smallest absolute Gasteiger partial charge is 0.153 e. The van der Waals surface area contributed by atoms with Crippen LogP contribution >= 0.6 is 0 Å². The molecule has 1 rings (SSSR count). The van der Waals surface area contributed by atoms with Gasteiger partial charge in [-0.25, -0.2) is 0 Å². The Hall–Kier alpha value is -0.660. The molecule has 0 aromatic carbocycles. The Bertz CT molecular complexity index is 369. The molecule has 0 radical (unpaired) electrons. The summed E-state index contributed by atoms with van der Waals surface area (Å²) in [5.41, 5.74) is -1.14. The van der Waals surface area contributed by atoms with E-state index in [9.17, 15) is 9.59 Å². The fraction of sp³-hybridized carbons (Fsp3) is 0.889. The van der Waals surface area contributed by atoms with E-state index in [0.29, 0.717) is 19.3 Å². The molecule has 0 amide bonds. The van der Waals surface area contributed by atoms with Crippen molar-refractivity contribution in [3.8, 4) is 0 Å². The maximum atomic E-state index is 13.4. The number of hydrogen-bond donors (Lipinski definition) is 0. The molecule has 0 aromatic heterocycles. The third-order valence-electron chi connectivity index (χ3n) is 6.68. The highest BCUT2D eigenvalue weighted by Crippen LogP contribution is 2.61. The number of rotatable bonds is 6. The fourth-order valence-corrected chi connectivity index (χ4v) is 4.93. The zero-order valence-electron chi connectivity index (χ0n) is 14.3. The third kappa shape index (κ3) is 1.90. The van der Waals surface area contributed by atoms with Crippen molar-refractivity contribution in [2.45, 2.75) is 86.5 Å². The molecule has 1 aliphatic rings. The summed E-state index contributed by atoms with van der Waals surface area (Å²) in [6.07, 6.45) is 5.48. The van der Waals surface area contributed by atoms with Crippen LogP contribution in [0.3, 0.4) is 0 Å². The Labute approximate surface area is 124 Å². The van der Waals surface area contributed by atoms with Gasteiger partial charge in [0, 0.05) is 11.8 Å². The highest BCUT2D eigenvalue weighted by Gasteiger charge is 2.63.